The molecule has 1 aliphatic heterocycles. The lowest BCUT2D eigenvalue weighted by Gasteiger charge is -2.29. The van der Waals surface area contributed by atoms with Crippen LogP contribution in [0.25, 0.3) is 0 Å². The van der Waals surface area contributed by atoms with Gasteiger partial charge in [0.15, 0.2) is 0 Å². The second-order valence-electron chi connectivity index (χ2n) is 5.02. The molecule has 8 nitrogen and oxygen atoms in total. The van der Waals surface area contributed by atoms with Gasteiger partial charge in [0, 0.05) is 11.9 Å². The highest BCUT2D eigenvalue weighted by Gasteiger charge is 2.43. The Labute approximate surface area is 123 Å². The first-order valence-electron chi connectivity index (χ1n) is 6.32. The number of aliphatic carboxylic acids is 1. The summed E-state index contributed by atoms with van der Waals surface area (Å²) in [6.45, 7) is 3.75. The molecule has 3 N–H and O–H groups in total. The lowest BCUT2D eigenvalue weighted by molar-refractivity contribution is -0.141. The van der Waals surface area contributed by atoms with E-state index >= 15 is 0 Å². The largest absolute Gasteiger partial charge is 0.480 e. The van der Waals surface area contributed by atoms with Gasteiger partial charge in [-0.3, -0.25) is 14.6 Å². The Kier molecular flexibility index (Phi) is 4.21. The number of carboxylic acids is 1. The third kappa shape index (κ3) is 2.87. The number of carbonyl (C=O) groups is 2. The fraction of sp³-hybridized carbons (Fsp3) is 0.500. The maximum atomic E-state index is 12.5. The minimum atomic E-state index is -1.11. The number of rotatable bonds is 3. The van der Waals surface area contributed by atoms with Crippen LogP contribution in [0.15, 0.2) is 15.8 Å². The molecule has 21 heavy (non-hydrogen) atoms. The summed E-state index contributed by atoms with van der Waals surface area (Å²) in [5.74, 6) is -1.50. The van der Waals surface area contributed by atoms with Crippen LogP contribution >= 0.6 is 11.8 Å². The van der Waals surface area contributed by atoms with E-state index in [1.165, 1.54) is 16.7 Å². The Balaban J connectivity index is 2.44. The van der Waals surface area contributed by atoms with Gasteiger partial charge in [0.25, 0.3) is 11.5 Å². The Morgan fingerprint density at radius 3 is 2.62 bits per heavy atom. The first-order chi connectivity index (χ1) is 9.82. The fourth-order valence-electron chi connectivity index (χ4n) is 2.20. The molecule has 0 saturated carbocycles. The molecule has 0 radical (unpaired) electrons. The van der Waals surface area contributed by atoms with E-state index in [0.29, 0.717) is 0 Å². The Hall–Kier alpha value is -2.03. The molecule has 1 amide bonds. The molecule has 0 aliphatic carbocycles. The summed E-state index contributed by atoms with van der Waals surface area (Å²) in [7, 11) is 0. The summed E-state index contributed by atoms with van der Waals surface area (Å²) in [4.78, 5) is 51.9. The summed E-state index contributed by atoms with van der Waals surface area (Å²) >= 11 is 1.37. The van der Waals surface area contributed by atoms with Crippen LogP contribution in [0.3, 0.4) is 0 Å². The van der Waals surface area contributed by atoms with Crippen LogP contribution in [-0.2, 0) is 4.79 Å². The van der Waals surface area contributed by atoms with Gasteiger partial charge >= 0.3 is 11.7 Å². The number of nitrogens with one attached hydrogen (secondary N) is 2. The first-order valence-corrected chi connectivity index (χ1v) is 7.37. The molecular formula is C12H15N3O5S. The number of carbonyl (C=O) groups excluding carboxylic acids is 1. The van der Waals surface area contributed by atoms with Crippen molar-refractivity contribution < 1.29 is 14.7 Å². The average Bonchev–Trinajstić information content (AvgIpc) is 2.82. The average molecular weight is 313 g/mol. The number of carboxylic acid groups (broad SMARTS) is 1. The van der Waals surface area contributed by atoms with Crippen LogP contribution in [0.5, 0.6) is 0 Å². The monoisotopic (exact) mass is 313 g/mol. The van der Waals surface area contributed by atoms with Gasteiger partial charge in [-0.25, -0.2) is 9.59 Å². The number of hydrogen-bond acceptors (Lipinski definition) is 5. The number of H-pyrrole nitrogens is 2. The Morgan fingerprint density at radius 2 is 2.10 bits per heavy atom. The lowest BCUT2D eigenvalue weighted by Crippen LogP contribution is -2.48. The maximum Gasteiger partial charge on any atom is 0.327 e. The Bertz CT molecular complexity index is 680. The summed E-state index contributed by atoms with van der Waals surface area (Å²) < 4.78 is 0. The molecule has 1 aromatic rings. The van der Waals surface area contributed by atoms with E-state index in [4.69, 9.17) is 0 Å². The molecule has 0 aromatic carbocycles. The van der Waals surface area contributed by atoms with Crippen LogP contribution < -0.4 is 11.2 Å². The predicted octanol–water partition coefficient (Wildman–Crippen LogP) is -0.312. The van der Waals surface area contributed by atoms with Gasteiger partial charge in [-0.1, -0.05) is 13.8 Å². The van der Waals surface area contributed by atoms with E-state index in [0.717, 1.165) is 6.20 Å². The van der Waals surface area contributed by atoms with E-state index < -0.39 is 29.2 Å². The topological polar surface area (TPSA) is 123 Å². The van der Waals surface area contributed by atoms with E-state index in [-0.39, 0.29) is 22.6 Å². The maximum absolute atomic E-state index is 12.5. The highest BCUT2D eigenvalue weighted by Crippen LogP contribution is 2.34. The van der Waals surface area contributed by atoms with E-state index in [9.17, 15) is 24.3 Å². The van der Waals surface area contributed by atoms with Crippen LogP contribution in [0.1, 0.15) is 24.2 Å². The molecular weight excluding hydrogens is 298 g/mol. The number of nitrogens with zero attached hydrogens (tertiary/aromatic N) is 1. The second-order valence-corrected chi connectivity index (χ2v) is 6.17. The third-order valence-electron chi connectivity index (χ3n) is 3.17. The Morgan fingerprint density at radius 1 is 1.43 bits per heavy atom. The van der Waals surface area contributed by atoms with Crippen molar-refractivity contribution in [3.05, 3.63) is 32.6 Å². The fourth-order valence-corrected chi connectivity index (χ4v) is 3.67. The van der Waals surface area contributed by atoms with E-state index in [1.54, 1.807) is 0 Å². The van der Waals surface area contributed by atoms with Crippen LogP contribution in [0.2, 0.25) is 0 Å². The predicted molar refractivity (Wildman–Crippen MR) is 76.4 cm³/mol. The van der Waals surface area contributed by atoms with Crippen molar-refractivity contribution >= 4 is 23.6 Å². The normalized spacial score (nSPS) is 21.8. The molecule has 2 heterocycles. The summed E-state index contributed by atoms with van der Waals surface area (Å²) in [6, 6.07) is -0.985. The number of thioether (sulfide) groups is 1. The zero-order valence-corrected chi connectivity index (χ0v) is 12.3. The highest BCUT2D eigenvalue weighted by molar-refractivity contribution is 8.00. The van der Waals surface area contributed by atoms with Crippen LogP contribution in [0, 0.1) is 5.92 Å². The van der Waals surface area contributed by atoms with Crippen molar-refractivity contribution in [3.8, 4) is 0 Å². The minimum absolute atomic E-state index is 0.0325. The molecule has 0 bridgehead atoms. The quantitative estimate of drug-likeness (QED) is 0.703. The highest BCUT2D eigenvalue weighted by atomic mass is 32.2. The number of amides is 1. The van der Waals surface area contributed by atoms with Crippen molar-refractivity contribution in [1.29, 1.82) is 0 Å². The molecule has 114 valence electrons. The van der Waals surface area contributed by atoms with Crippen molar-refractivity contribution in [2.24, 2.45) is 5.92 Å². The SMILES string of the molecule is CC(C)C1SCC(C(=O)O)N1C(=O)c1c[nH]c(=O)[nH]c1=O. The second kappa shape index (κ2) is 5.76. The number of aromatic nitrogens is 2. The number of aromatic amines is 2. The van der Waals surface area contributed by atoms with E-state index in [2.05, 4.69) is 4.98 Å². The van der Waals surface area contributed by atoms with Crippen molar-refractivity contribution in [2.75, 3.05) is 5.75 Å². The van der Waals surface area contributed by atoms with Crippen LogP contribution in [-0.4, -0.2) is 49.0 Å². The van der Waals surface area contributed by atoms with Gasteiger partial charge in [0.2, 0.25) is 0 Å². The van der Waals surface area contributed by atoms with E-state index in [1.807, 2.05) is 18.8 Å². The summed E-state index contributed by atoms with van der Waals surface area (Å²) in [6.07, 6.45) is 1.02. The lowest BCUT2D eigenvalue weighted by atomic mass is 10.1. The molecule has 2 rings (SSSR count). The zero-order valence-electron chi connectivity index (χ0n) is 11.5. The molecule has 2 unspecified atom stereocenters. The molecule has 1 fully saturated rings. The van der Waals surface area contributed by atoms with Gasteiger partial charge in [-0.2, -0.15) is 0 Å². The standard InChI is InChI=1S/C12H15N3O5S/c1-5(2)10-15(7(4-21-10)11(18)19)9(17)6-3-13-12(20)14-8(6)16/h3,5,7,10H,4H2,1-2H3,(H,18,19)(H2,13,14,16,20). The molecule has 1 aromatic heterocycles. The smallest absolute Gasteiger partial charge is 0.327 e. The molecule has 9 heteroatoms. The summed E-state index contributed by atoms with van der Waals surface area (Å²) in [5.41, 5.74) is -1.82. The summed E-state index contributed by atoms with van der Waals surface area (Å²) in [5, 5.41) is 8.91. The minimum Gasteiger partial charge on any atom is -0.480 e. The third-order valence-corrected chi connectivity index (χ3v) is 4.80. The molecule has 0 spiro atoms. The van der Waals surface area contributed by atoms with Crippen molar-refractivity contribution in [3.63, 3.8) is 0 Å². The zero-order chi connectivity index (χ0) is 15.7. The van der Waals surface area contributed by atoms with Gasteiger partial charge in [0.05, 0.1) is 5.37 Å². The van der Waals surface area contributed by atoms with Crippen molar-refractivity contribution in [2.45, 2.75) is 25.3 Å². The van der Waals surface area contributed by atoms with Gasteiger partial charge < -0.3 is 15.0 Å². The molecule has 1 saturated heterocycles. The van der Waals surface area contributed by atoms with Crippen molar-refractivity contribution in [1.82, 2.24) is 14.9 Å². The van der Waals surface area contributed by atoms with Crippen LogP contribution in [0.4, 0.5) is 0 Å². The molecule has 1 aliphatic rings. The first kappa shape index (κ1) is 15.4. The van der Waals surface area contributed by atoms with Gasteiger partial charge in [-0.05, 0) is 5.92 Å². The number of hydrogen-bond donors (Lipinski definition) is 3. The van der Waals surface area contributed by atoms with Gasteiger partial charge in [-0.15, -0.1) is 11.8 Å². The van der Waals surface area contributed by atoms with Gasteiger partial charge in [0.1, 0.15) is 11.6 Å². The molecule has 2 atom stereocenters.